The molecule has 284 valence electrons. The van der Waals surface area contributed by atoms with Gasteiger partial charge in [0.2, 0.25) is 0 Å². The maximum Gasteiger partial charge on any atom is 0.338 e. The molecule has 52 heavy (non-hydrogen) atoms. The first-order valence-corrected chi connectivity index (χ1v) is 17.1. The van der Waals surface area contributed by atoms with Crippen LogP contribution in [0.2, 0.25) is 0 Å². The number of hydrogen-bond donors (Lipinski definition) is 2. The fraction of sp³-hybridized carbons (Fsp3) is 0.622. The molecular formula is C37H46O15. The molecule has 2 saturated carbocycles. The van der Waals surface area contributed by atoms with Crippen molar-refractivity contribution in [1.29, 1.82) is 0 Å². The number of benzene rings is 1. The Balaban J connectivity index is 1.96. The van der Waals surface area contributed by atoms with E-state index >= 15 is 0 Å². The van der Waals surface area contributed by atoms with Crippen molar-refractivity contribution in [2.45, 2.75) is 116 Å². The summed E-state index contributed by atoms with van der Waals surface area (Å²) in [6, 6.07) is 7.93. The van der Waals surface area contributed by atoms with Gasteiger partial charge in [-0.15, -0.1) is 0 Å². The van der Waals surface area contributed by atoms with Gasteiger partial charge in [-0.3, -0.25) is 19.2 Å². The van der Waals surface area contributed by atoms with Crippen LogP contribution in [0.3, 0.4) is 0 Å². The Morgan fingerprint density at radius 2 is 1.44 bits per heavy atom. The van der Waals surface area contributed by atoms with Crippen molar-refractivity contribution in [1.82, 2.24) is 0 Å². The quantitative estimate of drug-likeness (QED) is 0.223. The summed E-state index contributed by atoms with van der Waals surface area (Å²) in [5, 5.41) is 23.4. The van der Waals surface area contributed by atoms with Crippen molar-refractivity contribution >= 4 is 35.8 Å². The molecule has 0 radical (unpaired) electrons. The van der Waals surface area contributed by atoms with Crippen molar-refractivity contribution in [2.75, 3.05) is 13.2 Å². The average Bonchev–Trinajstić information content (AvgIpc) is 3.04. The van der Waals surface area contributed by atoms with Crippen LogP contribution in [0.25, 0.3) is 0 Å². The third kappa shape index (κ3) is 6.26. The van der Waals surface area contributed by atoms with Crippen LogP contribution in [0.15, 0.2) is 41.5 Å². The number of esters is 6. The van der Waals surface area contributed by atoms with Crippen LogP contribution in [0.5, 0.6) is 0 Å². The Bertz CT molecular complexity index is 1670. The Labute approximate surface area is 300 Å². The number of ether oxygens (including phenoxy) is 7. The second-order valence-corrected chi connectivity index (χ2v) is 14.8. The first-order chi connectivity index (χ1) is 24.2. The molecule has 1 aromatic carbocycles. The Hall–Kier alpha value is -4.34. The molecular weight excluding hydrogens is 684 g/mol. The Morgan fingerprint density at radius 1 is 0.827 bits per heavy atom. The highest BCUT2D eigenvalue weighted by atomic mass is 16.6. The number of aliphatic hydroxyl groups is 2. The predicted octanol–water partition coefficient (Wildman–Crippen LogP) is 2.13. The van der Waals surface area contributed by atoms with E-state index in [0.29, 0.717) is 5.57 Å². The van der Waals surface area contributed by atoms with Crippen molar-refractivity contribution in [3.63, 3.8) is 0 Å². The van der Waals surface area contributed by atoms with Crippen molar-refractivity contribution < 1.29 is 72.1 Å². The third-order valence-corrected chi connectivity index (χ3v) is 11.4. The molecule has 5 rings (SSSR count). The lowest BCUT2D eigenvalue weighted by molar-refractivity contribution is -0.365. The lowest BCUT2D eigenvalue weighted by Gasteiger charge is -2.69. The van der Waals surface area contributed by atoms with E-state index < -0.39 is 107 Å². The maximum absolute atomic E-state index is 14.2. The molecule has 0 spiro atoms. The molecule has 3 fully saturated rings. The van der Waals surface area contributed by atoms with Crippen LogP contribution in [0.1, 0.15) is 78.6 Å². The summed E-state index contributed by atoms with van der Waals surface area (Å²) in [5.74, 6) is -6.54. The highest BCUT2D eigenvalue weighted by molar-refractivity contribution is 5.89. The molecule has 1 heterocycles. The van der Waals surface area contributed by atoms with Gasteiger partial charge in [0.05, 0.1) is 23.5 Å². The highest BCUT2D eigenvalue weighted by Crippen LogP contribution is 2.66. The molecule has 1 aromatic rings. The van der Waals surface area contributed by atoms with E-state index in [1.807, 2.05) is 0 Å². The minimum Gasteiger partial charge on any atom is -0.462 e. The summed E-state index contributed by atoms with van der Waals surface area (Å²) in [4.78, 5) is 78.8. The molecule has 0 aromatic heterocycles. The van der Waals surface area contributed by atoms with E-state index in [-0.39, 0.29) is 30.6 Å². The van der Waals surface area contributed by atoms with Crippen LogP contribution < -0.4 is 0 Å². The zero-order valence-electron chi connectivity index (χ0n) is 30.5. The fourth-order valence-electron chi connectivity index (χ4n) is 9.16. The molecule has 0 amide bonds. The summed E-state index contributed by atoms with van der Waals surface area (Å²) < 4.78 is 42.3. The molecule has 10 atom stereocenters. The molecule has 1 aliphatic heterocycles. The van der Waals surface area contributed by atoms with Gasteiger partial charge >= 0.3 is 35.8 Å². The van der Waals surface area contributed by atoms with Gasteiger partial charge in [0.25, 0.3) is 0 Å². The number of aliphatic hydroxyl groups excluding tert-OH is 1. The van der Waals surface area contributed by atoms with Gasteiger partial charge in [0, 0.05) is 46.0 Å². The number of carbonyl (C=O) groups is 6. The molecule has 3 aliphatic carbocycles. The summed E-state index contributed by atoms with van der Waals surface area (Å²) in [7, 11) is 0. The lowest BCUT2D eigenvalue weighted by Crippen LogP contribution is -2.83. The van der Waals surface area contributed by atoms with Crippen LogP contribution in [-0.2, 0) is 57.1 Å². The smallest absolute Gasteiger partial charge is 0.338 e. The zero-order chi connectivity index (χ0) is 38.6. The summed E-state index contributed by atoms with van der Waals surface area (Å²) >= 11 is 0. The molecule has 15 heteroatoms. The zero-order valence-corrected chi connectivity index (χ0v) is 30.5. The van der Waals surface area contributed by atoms with Crippen molar-refractivity contribution in [3.05, 3.63) is 47.0 Å². The van der Waals surface area contributed by atoms with E-state index in [2.05, 4.69) is 0 Å². The summed E-state index contributed by atoms with van der Waals surface area (Å²) in [6.07, 6.45) is -8.91. The minimum atomic E-state index is -2.26. The van der Waals surface area contributed by atoms with Crippen molar-refractivity contribution in [2.24, 2.45) is 16.7 Å². The molecule has 0 unspecified atom stereocenters. The van der Waals surface area contributed by atoms with Gasteiger partial charge in [-0.2, -0.15) is 0 Å². The van der Waals surface area contributed by atoms with E-state index in [9.17, 15) is 39.0 Å². The van der Waals surface area contributed by atoms with Gasteiger partial charge in [0.15, 0.2) is 17.8 Å². The maximum atomic E-state index is 14.2. The first kappa shape index (κ1) is 38.9. The van der Waals surface area contributed by atoms with Gasteiger partial charge in [0.1, 0.15) is 36.6 Å². The van der Waals surface area contributed by atoms with E-state index in [1.54, 1.807) is 45.9 Å². The monoisotopic (exact) mass is 730 g/mol. The highest BCUT2D eigenvalue weighted by Gasteiger charge is 2.79. The van der Waals surface area contributed by atoms with E-state index in [1.165, 1.54) is 26.0 Å². The second kappa shape index (κ2) is 13.9. The number of carbonyl (C=O) groups excluding carboxylic acids is 6. The van der Waals surface area contributed by atoms with Crippen LogP contribution in [-0.4, -0.2) is 107 Å². The number of rotatable bonds is 8. The summed E-state index contributed by atoms with van der Waals surface area (Å²) in [5.41, 5.74) is -6.80. The standard InChI is InChI=1S/C37H46O15/c1-18-24(47-19(2)39)15-37(45)32(51-33(44)23-12-10-9-11-13-23)30-35(8,25(48-20(3)40)14-26-36(30,17-46-26)52-22(5)42)31(49-21(4)41)29(50-27(43)16-38)28(18)34(37,6)7/h9-13,24-26,29-32,38,45H,14-17H2,1-8H3/t24-,25-,26-,29+,30-,31+,32-,35-,36-,37+/m0/s1. The molecule has 1 saturated heterocycles. The van der Waals surface area contributed by atoms with Crippen LogP contribution >= 0.6 is 0 Å². The molecule has 4 aliphatic rings. The average molecular weight is 731 g/mol. The van der Waals surface area contributed by atoms with Crippen LogP contribution in [0.4, 0.5) is 0 Å². The number of fused-ring (bicyclic) bond motifs is 5. The van der Waals surface area contributed by atoms with E-state index in [4.69, 9.17) is 33.2 Å². The topological polar surface area (TPSA) is 207 Å². The van der Waals surface area contributed by atoms with E-state index in [0.717, 1.165) is 13.8 Å². The molecule has 2 N–H and O–H groups in total. The SMILES string of the molecule is CC(=O)O[C@H]1C[C@@]2(O)[C@@H](OC(=O)c3ccccc3)[C@@H]3[C@]4(OC(C)=O)CO[C@H]4C[C@H](OC(C)=O)[C@]3(C)[C@H](OC(C)=O)[C@H](OC(=O)CO)C(=C1C)C2(C)C. The normalized spacial score (nSPS) is 35.8. The van der Waals surface area contributed by atoms with Gasteiger partial charge < -0.3 is 43.4 Å². The largest absolute Gasteiger partial charge is 0.462 e. The van der Waals surface area contributed by atoms with Crippen LogP contribution in [0, 0.1) is 16.7 Å². The molecule has 15 nitrogen and oxygen atoms in total. The Morgan fingerprint density at radius 3 is 1.96 bits per heavy atom. The fourth-order valence-corrected chi connectivity index (χ4v) is 9.16. The van der Waals surface area contributed by atoms with Gasteiger partial charge in [-0.25, -0.2) is 9.59 Å². The Kier molecular flexibility index (Phi) is 10.4. The second-order valence-electron chi connectivity index (χ2n) is 14.8. The summed E-state index contributed by atoms with van der Waals surface area (Å²) in [6.45, 7) is 9.61. The lowest BCUT2D eigenvalue weighted by atomic mass is 9.44. The third-order valence-electron chi connectivity index (χ3n) is 11.4. The minimum absolute atomic E-state index is 0.105. The van der Waals surface area contributed by atoms with Gasteiger partial charge in [-0.1, -0.05) is 39.0 Å². The predicted molar refractivity (Wildman–Crippen MR) is 176 cm³/mol. The first-order valence-electron chi connectivity index (χ1n) is 17.1. The van der Waals surface area contributed by atoms with Gasteiger partial charge in [-0.05, 0) is 30.2 Å². The van der Waals surface area contributed by atoms with Crippen molar-refractivity contribution in [3.8, 4) is 0 Å². The molecule has 2 bridgehead atoms. The number of hydrogen-bond acceptors (Lipinski definition) is 15.